The average molecular weight is 347 g/mol. The number of amides is 3. The molecule has 0 spiro atoms. The van der Waals surface area contributed by atoms with Crippen molar-refractivity contribution in [3.05, 3.63) is 30.2 Å². The van der Waals surface area contributed by atoms with E-state index < -0.39 is 24.0 Å². The molecule has 0 radical (unpaired) electrons. The van der Waals surface area contributed by atoms with Gasteiger partial charge in [0.2, 0.25) is 0 Å². The second-order valence-electron chi connectivity index (χ2n) is 5.82. The van der Waals surface area contributed by atoms with E-state index >= 15 is 0 Å². The zero-order valence-electron chi connectivity index (χ0n) is 14.4. The number of fused-ring (bicyclic) bond motifs is 1. The fourth-order valence-electron chi connectivity index (χ4n) is 2.06. The van der Waals surface area contributed by atoms with Crippen molar-refractivity contribution in [2.24, 2.45) is 0 Å². The molecule has 25 heavy (non-hydrogen) atoms. The van der Waals surface area contributed by atoms with Crippen molar-refractivity contribution in [3.63, 3.8) is 0 Å². The molecular formula is C17H21N3O5. The SMILES string of the molecule is CC(C)NC(=O)NC(=O)[C@@H](C)OC(=O)CCc1nc2ccccc2o1. The number of benzene rings is 1. The molecule has 0 saturated carbocycles. The van der Waals surface area contributed by atoms with Crippen LogP contribution in [0.4, 0.5) is 4.79 Å². The van der Waals surface area contributed by atoms with Crippen LogP contribution in [0, 0.1) is 0 Å². The van der Waals surface area contributed by atoms with Gasteiger partial charge in [-0.2, -0.15) is 0 Å². The van der Waals surface area contributed by atoms with E-state index in [1.54, 1.807) is 19.9 Å². The Morgan fingerprint density at radius 3 is 2.60 bits per heavy atom. The van der Waals surface area contributed by atoms with Gasteiger partial charge in [-0.3, -0.25) is 14.9 Å². The highest BCUT2D eigenvalue weighted by atomic mass is 16.5. The minimum Gasteiger partial charge on any atom is -0.453 e. The largest absolute Gasteiger partial charge is 0.453 e. The first-order valence-corrected chi connectivity index (χ1v) is 8.00. The molecule has 134 valence electrons. The lowest BCUT2D eigenvalue weighted by molar-refractivity contribution is -0.154. The zero-order chi connectivity index (χ0) is 18.4. The molecule has 2 aromatic rings. The maximum Gasteiger partial charge on any atom is 0.321 e. The molecule has 1 aromatic carbocycles. The van der Waals surface area contributed by atoms with Gasteiger partial charge in [0.15, 0.2) is 17.6 Å². The Bertz CT molecular complexity index is 735. The first-order valence-electron chi connectivity index (χ1n) is 8.00. The van der Waals surface area contributed by atoms with Crippen LogP contribution in [0.25, 0.3) is 11.1 Å². The van der Waals surface area contributed by atoms with Crippen LogP contribution in [0.5, 0.6) is 0 Å². The Morgan fingerprint density at radius 2 is 1.92 bits per heavy atom. The van der Waals surface area contributed by atoms with E-state index in [4.69, 9.17) is 9.15 Å². The number of nitrogens with one attached hydrogen (secondary N) is 2. The van der Waals surface area contributed by atoms with Crippen molar-refractivity contribution in [2.75, 3.05) is 0 Å². The molecule has 0 fully saturated rings. The normalized spacial score (nSPS) is 12.0. The summed E-state index contributed by atoms with van der Waals surface area (Å²) in [4.78, 5) is 39.3. The van der Waals surface area contributed by atoms with Gasteiger partial charge in [0.05, 0.1) is 6.42 Å². The van der Waals surface area contributed by atoms with E-state index in [1.165, 1.54) is 6.92 Å². The van der Waals surface area contributed by atoms with Crippen molar-refractivity contribution in [3.8, 4) is 0 Å². The van der Waals surface area contributed by atoms with Gasteiger partial charge in [0.1, 0.15) is 5.52 Å². The fraction of sp³-hybridized carbons (Fsp3) is 0.412. The summed E-state index contributed by atoms with van der Waals surface area (Å²) in [6, 6.07) is 6.55. The first kappa shape index (κ1) is 18.4. The highest BCUT2D eigenvalue weighted by Crippen LogP contribution is 2.15. The number of carbonyl (C=O) groups excluding carboxylic acids is 3. The standard InChI is InChI=1S/C17H21N3O5/c1-10(2)18-17(23)20-16(22)11(3)24-15(21)9-8-14-19-12-6-4-5-7-13(12)25-14/h4-7,10-11H,8-9H2,1-3H3,(H2,18,20,22,23)/t11-/m1/s1. The number of aryl methyl sites for hydroxylation is 1. The summed E-state index contributed by atoms with van der Waals surface area (Å²) in [5.41, 5.74) is 1.37. The maximum absolute atomic E-state index is 11.8. The van der Waals surface area contributed by atoms with Crippen LogP contribution >= 0.6 is 0 Å². The highest BCUT2D eigenvalue weighted by molar-refractivity contribution is 5.97. The molecule has 2 rings (SSSR count). The summed E-state index contributed by atoms with van der Waals surface area (Å²) in [5, 5.41) is 4.62. The molecule has 0 unspecified atom stereocenters. The van der Waals surface area contributed by atoms with Crippen molar-refractivity contribution < 1.29 is 23.5 Å². The third kappa shape index (κ3) is 5.59. The Hall–Kier alpha value is -2.90. The van der Waals surface area contributed by atoms with Crippen molar-refractivity contribution >= 4 is 29.0 Å². The van der Waals surface area contributed by atoms with Gasteiger partial charge in [-0.1, -0.05) is 12.1 Å². The summed E-state index contributed by atoms with van der Waals surface area (Å²) in [6.45, 7) is 4.93. The van der Waals surface area contributed by atoms with Crippen LogP contribution in [-0.2, 0) is 20.7 Å². The summed E-state index contributed by atoms with van der Waals surface area (Å²) < 4.78 is 10.5. The predicted octanol–water partition coefficient (Wildman–Crippen LogP) is 1.93. The monoisotopic (exact) mass is 347 g/mol. The van der Waals surface area contributed by atoms with Gasteiger partial charge in [0, 0.05) is 12.5 Å². The Morgan fingerprint density at radius 1 is 1.20 bits per heavy atom. The highest BCUT2D eigenvalue weighted by Gasteiger charge is 2.20. The molecule has 0 aliphatic heterocycles. The minimum atomic E-state index is -1.07. The molecule has 2 N–H and O–H groups in total. The number of nitrogens with zero attached hydrogens (tertiary/aromatic N) is 1. The van der Waals surface area contributed by atoms with E-state index in [9.17, 15) is 14.4 Å². The molecule has 1 heterocycles. The van der Waals surface area contributed by atoms with Crippen LogP contribution < -0.4 is 10.6 Å². The van der Waals surface area contributed by atoms with Crippen molar-refractivity contribution in [1.82, 2.24) is 15.6 Å². The summed E-state index contributed by atoms with van der Waals surface area (Å²) in [5.74, 6) is -0.839. The second-order valence-corrected chi connectivity index (χ2v) is 5.82. The second kappa shape index (κ2) is 8.27. The summed E-state index contributed by atoms with van der Waals surface area (Å²) >= 11 is 0. The molecule has 0 aliphatic carbocycles. The Balaban J connectivity index is 1.78. The van der Waals surface area contributed by atoms with E-state index in [0.29, 0.717) is 11.5 Å². The number of esters is 1. The van der Waals surface area contributed by atoms with E-state index in [2.05, 4.69) is 15.6 Å². The number of carbonyl (C=O) groups is 3. The van der Waals surface area contributed by atoms with E-state index in [0.717, 1.165) is 5.52 Å². The lowest BCUT2D eigenvalue weighted by Crippen LogP contribution is -2.46. The average Bonchev–Trinajstić information content (AvgIpc) is 2.94. The number of imide groups is 1. The third-order valence-electron chi connectivity index (χ3n) is 3.22. The van der Waals surface area contributed by atoms with Crippen molar-refractivity contribution in [1.29, 1.82) is 0 Å². The van der Waals surface area contributed by atoms with Gasteiger partial charge >= 0.3 is 12.0 Å². The smallest absolute Gasteiger partial charge is 0.321 e. The molecule has 0 saturated heterocycles. The lowest BCUT2D eigenvalue weighted by Gasteiger charge is -2.14. The first-order chi connectivity index (χ1) is 11.8. The van der Waals surface area contributed by atoms with Gasteiger partial charge in [-0.15, -0.1) is 0 Å². The minimum absolute atomic E-state index is 0.0165. The number of rotatable bonds is 6. The number of oxazole rings is 1. The van der Waals surface area contributed by atoms with E-state index in [1.807, 2.05) is 18.2 Å². The van der Waals surface area contributed by atoms with Crippen LogP contribution in [0.2, 0.25) is 0 Å². The maximum atomic E-state index is 11.8. The number of para-hydroxylation sites is 2. The van der Waals surface area contributed by atoms with Gasteiger partial charge < -0.3 is 14.5 Å². The molecule has 0 aliphatic rings. The molecular weight excluding hydrogens is 326 g/mol. The fourth-order valence-corrected chi connectivity index (χ4v) is 2.06. The number of hydrogen-bond acceptors (Lipinski definition) is 6. The van der Waals surface area contributed by atoms with E-state index in [-0.39, 0.29) is 18.9 Å². The third-order valence-corrected chi connectivity index (χ3v) is 3.22. The Kier molecular flexibility index (Phi) is 6.10. The predicted molar refractivity (Wildman–Crippen MR) is 89.7 cm³/mol. The molecule has 1 aromatic heterocycles. The lowest BCUT2D eigenvalue weighted by atomic mass is 10.3. The van der Waals surface area contributed by atoms with Gasteiger partial charge in [0.25, 0.3) is 5.91 Å². The summed E-state index contributed by atoms with van der Waals surface area (Å²) in [6.07, 6.45) is -0.799. The number of aromatic nitrogens is 1. The van der Waals surface area contributed by atoms with Crippen LogP contribution in [0.3, 0.4) is 0 Å². The topological polar surface area (TPSA) is 111 Å². The van der Waals surface area contributed by atoms with Crippen LogP contribution in [0.1, 0.15) is 33.1 Å². The molecule has 8 heteroatoms. The van der Waals surface area contributed by atoms with Gasteiger partial charge in [-0.05, 0) is 32.9 Å². The zero-order valence-corrected chi connectivity index (χ0v) is 14.4. The molecule has 3 amide bonds. The van der Waals surface area contributed by atoms with Crippen LogP contribution in [-0.4, -0.2) is 35.0 Å². The quantitative estimate of drug-likeness (QED) is 0.773. The van der Waals surface area contributed by atoms with Crippen LogP contribution in [0.15, 0.2) is 28.7 Å². The molecule has 8 nitrogen and oxygen atoms in total. The molecule has 0 bridgehead atoms. The number of hydrogen-bond donors (Lipinski definition) is 2. The molecule has 1 atom stereocenters. The number of ether oxygens (including phenoxy) is 1. The Labute approximate surface area is 144 Å². The number of urea groups is 1. The summed E-state index contributed by atoms with van der Waals surface area (Å²) in [7, 11) is 0. The van der Waals surface area contributed by atoms with Crippen molar-refractivity contribution in [2.45, 2.75) is 45.8 Å². The van der Waals surface area contributed by atoms with Gasteiger partial charge in [-0.25, -0.2) is 9.78 Å².